The highest BCUT2D eigenvalue weighted by Gasteiger charge is 2.37. The summed E-state index contributed by atoms with van der Waals surface area (Å²) < 4.78 is 38.7. The highest BCUT2D eigenvalue weighted by Crippen LogP contribution is 2.34. The Morgan fingerprint density at radius 3 is 2.42 bits per heavy atom. The van der Waals surface area contributed by atoms with E-state index >= 15 is 0 Å². The molecule has 1 heterocycles. The van der Waals surface area contributed by atoms with Gasteiger partial charge in [0.1, 0.15) is 5.01 Å². The highest BCUT2D eigenvalue weighted by molar-refractivity contribution is 7.11. The first-order valence-electron chi connectivity index (χ1n) is 6.11. The fourth-order valence-electron chi connectivity index (χ4n) is 1.55. The van der Waals surface area contributed by atoms with Crippen molar-refractivity contribution in [2.24, 2.45) is 5.92 Å². The van der Waals surface area contributed by atoms with E-state index in [4.69, 9.17) is 0 Å². The summed E-state index contributed by atoms with van der Waals surface area (Å²) in [4.78, 5) is 5.81. The molecule has 0 saturated carbocycles. The molecule has 1 aromatic heterocycles. The number of hydrogen-bond acceptors (Lipinski definition) is 4. The van der Waals surface area contributed by atoms with Crippen molar-refractivity contribution in [3.8, 4) is 0 Å². The van der Waals surface area contributed by atoms with Crippen LogP contribution < -0.4 is 5.32 Å². The largest absolute Gasteiger partial charge is 0.434 e. The van der Waals surface area contributed by atoms with E-state index in [2.05, 4.69) is 10.3 Å². The third-order valence-corrected chi connectivity index (χ3v) is 3.34. The Morgan fingerprint density at radius 1 is 1.32 bits per heavy atom. The zero-order valence-electron chi connectivity index (χ0n) is 11.6. The molecule has 0 amide bonds. The molecular weight excluding hydrogens is 275 g/mol. The number of aromatic nitrogens is 1. The van der Waals surface area contributed by atoms with Gasteiger partial charge in [0, 0.05) is 13.1 Å². The molecule has 0 radical (unpaired) electrons. The number of rotatable bonds is 6. The van der Waals surface area contributed by atoms with Gasteiger partial charge in [0.05, 0.1) is 4.88 Å². The van der Waals surface area contributed by atoms with Crippen molar-refractivity contribution in [1.29, 1.82) is 0 Å². The van der Waals surface area contributed by atoms with Gasteiger partial charge in [-0.15, -0.1) is 11.3 Å². The van der Waals surface area contributed by atoms with Crippen molar-refractivity contribution in [3.05, 3.63) is 15.6 Å². The molecule has 110 valence electrons. The minimum Gasteiger partial charge on any atom is -0.312 e. The molecule has 3 nitrogen and oxygen atoms in total. The van der Waals surface area contributed by atoms with Crippen LogP contribution in [-0.4, -0.2) is 30.5 Å². The zero-order chi connectivity index (χ0) is 14.6. The minimum atomic E-state index is -4.38. The average Bonchev–Trinajstić information content (AvgIpc) is 2.59. The number of alkyl halides is 3. The molecule has 0 aliphatic heterocycles. The summed E-state index contributed by atoms with van der Waals surface area (Å²) in [5, 5.41) is 3.54. The van der Waals surface area contributed by atoms with Gasteiger partial charge in [-0.25, -0.2) is 4.98 Å². The van der Waals surface area contributed by atoms with Crippen LogP contribution in [0.2, 0.25) is 0 Å². The molecular formula is C12H20F3N3S. The summed E-state index contributed by atoms with van der Waals surface area (Å²) in [5.41, 5.74) is -0.745. The first-order chi connectivity index (χ1) is 8.70. The summed E-state index contributed by atoms with van der Waals surface area (Å²) in [5.74, 6) is 0.406. The summed E-state index contributed by atoms with van der Waals surface area (Å²) in [6.45, 7) is 5.37. The SMILES string of the molecule is CC(C)CNCc1sc(CN(C)C)nc1C(F)(F)F. The van der Waals surface area contributed by atoms with Crippen LogP contribution in [0.15, 0.2) is 0 Å². The van der Waals surface area contributed by atoms with E-state index in [0.29, 0.717) is 24.0 Å². The lowest BCUT2D eigenvalue weighted by molar-refractivity contribution is -0.141. The second-order valence-electron chi connectivity index (χ2n) is 5.14. The van der Waals surface area contributed by atoms with Crippen LogP contribution >= 0.6 is 11.3 Å². The van der Waals surface area contributed by atoms with Gasteiger partial charge in [0.2, 0.25) is 0 Å². The van der Waals surface area contributed by atoms with Crippen LogP contribution in [0, 0.1) is 5.92 Å². The molecule has 1 N–H and O–H groups in total. The van der Waals surface area contributed by atoms with Crippen LogP contribution in [0.3, 0.4) is 0 Å². The minimum absolute atomic E-state index is 0.220. The maximum absolute atomic E-state index is 12.9. The third kappa shape index (κ3) is 5.46. The van der Waals surface area contributed by atoms with Gasteiger partial charge < -0.3 is 10.2 Å². The Balaban J connectivity index is 2.84. The second kappa shape index (κ2) is 6.67. The van der Waals surface area contributed by atoms with Crippen LogP contribution in [0.5, 0.6) is 0 Å². The van der Waals surface area contributed by atoms with Gasteiger partial charge >= 0.3 is 6.18 Å². The Morgan fingerprint density at radius 2 is 1.95 bits per heavy atom. The highest BCUT2D eigenvalue weighted by atomic mass is 32.1. The summed E-state index contributed by atoms with van der Waals surface area (Å²) in [6, 6.07) is 0. The van der Waals surface area contributed by atoms with Crippen LogP contribution in [0.25, 0.3) is 0 Å². The molecule has 0 unspecified atom stereocenters. The fraction of sp³-hybridized carbons (Fsp3) is 0.750. The summed E-state index contributed by atoms with van der Waals surface area (Å²) in [7, 11) is 3.62. The van der Waals surface area contributed by atoms with E-state index in [1.807, 2.05) is 32.8 Å². The predicted molar refractivity (Wildman–Crippen MR) is 71.1 cm³/mol. The number of thiazole rings is 1. The topological polar surface area (TPSA) is 28.2 Å². The average molecular weight is 295 g/mol. The van der Waals surface area contributed by atoms with Gasteiger partial charge in [-0.3, -0.25) is 0 Å². The first kappa shape index (κ1) is 16.4. The van der Waals surface area contributed by atoms with E-state index in [-0.39, 0.29) is 11.4 Å². The number of nitrogens with zero attached hydrogens (tertiary/aromatic N) is 2. The molecule has 1 aromatic rings. The second-order valence-corrected chi connectivity index (χ2v) is 6.31. The molecule has 19 heavy (non-hydrogen) atoms. The quantitative estimate of drug-likeness (QED) is 0.874. The van der Waals surface area contributed by atoms with Gasteiger partial charge in [0.15, 0.2) is 5.69 Å². The van der Waals surface area contributed by atoms with Gasteiger partial charge in [-0.2, -0.15) is 13.2 Å². The summed E-state index contributed by atoms with van der Waals surface area (Å²) >= 11 is 1.13. The fourth-order valence-corrected chi connectivity index (χ4v) is 2.73. The number of nitrogens with one attached hydrogen (secondary N) is 1. The molecule has 0 spiro atoms. The predicted octanol–water partition coefficient (Wildman–Crippen LogP) is 2.97. The Hall–Kier alpha value is -0.660. The Bertz CT molecular complexity index is 399. The molecule has 0 aliphatic rings. The van der Waals surface area contributed by atoms with Crippen molar-refractivity contribution in [2.75, 3.05) is 20.6 Å². The van der Waals surface area contributed by atoms with Crippen molar-refractivity contribution in [2.45, 2.75) is 33.1 Å². The van der Waals surface area contributed by atoms with E-state index in [0.717, 1.165) is 11.3 Å². The van der Waals surface area contributed by atoms with Crippen molar-refractivity contribution < 1.29 is 13.2 Å². The maximum atomic E-state index is 12.9. The normalized spacial score (nSPS) is 12.7. The van der Waals surface area contributed by atoms with Gasteiger partial charge in [-0.05, 0) is 26.6 Å². The van der Waals surface area contributed by atoms with E-state index in [1.54, 1.807) is 0 Å². The number of halogens is 3. The van der Waals surface area contributed by atoms with E-state index in [1.165, 1.54) is 0 Å². The van der Waals surface area contributed by atoms with E-state index in [9.17, 15) is 13.2 Å². The van der Waals surface area contributed by atoms with Gasteiger partial charge in [-0.1, -0.05) is 13.8 Å². The smallest absolute Gasteiger partial charge is 0.312 e. The molecule has 0 saturated heterocycles. The van der Waals surface area contributed by atoms with Crippen LogP contribution in [0.4, 0.5) is 13.2 Å². The molecule has 0 aromatic carbocycles. The van der Waals surface area contributed by atoms with Crippen molar-refractivity contribution in [3.63, 3.8) is 0 Å². The van der Waals surface area contributed by atoms with Gasteiger partial charge in [0.25, 0.3) is 0 Å². The van der Waals surface area contributed by atoms with Crippen molar-refractivity contribution >= 4 is 11.3 Å². The molecule has 0 aliphatic carbocycles. The molecule has 0 bridgehead atoms. The lowest BCUT2D eigenvalue weighted by Crippen LogP contribution is -2.20. The van der Waals surface area contributed by atoms with E-state index < -0.39 is 11.9 Å². The van der Waals surface area contributed by atoms with Crippen molar-refractivity contribution in [1.82, 2.24) is 15.2 Å². The lowest BCUT2D eigenvalue weighted by Gasteiger charge is -2.08. The van der Waals surface area contributed by atoms with Crippen LogP contribution in [0.1, 0.15) is 29.4 Å². The number of hydrogen-bond donors (Lipinski definition) is 1. The third-order valence-electron chi connectivity index (χ3n) is 2.30. The first-order valence-corrected chi connectivity index (χ1v) is 6.93. The standard InChI is InChI=1S/C12H20F3N3S/c1-8(2)5-16-6-9-11(12(13,14)15)17-10(19-9)7-18(3)4/h8,16H,5-7H2,1-4H3. The molecule has 0 atom stereocenters. The monoisotopic (exact) mass is 295 g/mol. The lowest BCUT2D eigenvalue weighted by atomic mass is 10.2. The van der Waals surface area contributed by atoms with Crippen LogP contribution in [-0.2, 0) is 19.3 Å². The maximum Gasteiger partial charge on any atom is 0.434 e. The Kier molecular flexibility index (Phi) is 5.76. The molecule has 0 fully saturated rings. The summed E-state index contributed by atoms with van der Waals surface area (Å²) in [6.07, 6.45) is -4.38. The Labute approximate surface area is 115 Å². The molecule has 1 rings (SSSR count). The molecule has 7 heteroatoms. The zero-order valence-corrected chi connectivity index (χ0v) is 12.5.